The van der Waals surface area contributed by atoms with Gasteiger partial charge in [-0.1, -0.05) is 23.4 Å². The zero-order valence-corrected chi connectivity index (χ0v) is 12.4. The molecule has 7 nitrogen and oxygen atoms in total. The van der Waals surface area contributed by atoms with E-state index in [9.17, 15) is 4.79 Å². The van der Waals surface area contributed by atoms with E-state index in [0.717, 1.165) is 5.69 Å². The molecule has 2 aromatic carbocycles. The minimum Gasteiger partial charge on any atom is -0.497 e. The average Bonchev–Trinajstić information content (AvgIpc) is 2.98. The predicted molar refractivity (Wildman–Crippen MR) is 86.7 cm³/mol. The second-order valence-corrected chi connectivity index (χ2v) is 4.75. The van der Waals surface area contributed by atoms with Gasteiger partial charge in [-0.3, -0.25) is 4.79 Å². The van der Waals surface area contributed by atoms with Gasteiger partial charge in [0.25, 0.3) is 5.91 Å². The van der Waals surface area contributed by atoms with E-state index >= 15 is 0 Å². The van der Waals surface area contributed by atoms with Crippen LogP contribution in [0.3, 0.4) is 0 Å². The second kappa shape index (κ2) is 6.18. The molecule has 3 rings (SSSR count). The lowest BCUT2D eigenvalue weighted by Gasteiger charge is -2.05. The number of nitrogens with two attached hydrogens (primary N) is 1. The number of methoxy groups -OCH3 is 1. The first-order chi connectivity index (χ1) is 11.2. The number of nitrogens with zero attached hydrogens (tertiary/aromatic N) is 3. The van der Waals surface area contributed by atoms with E-state index < -0.39 is 5.91 Å². The third-order valence-electron chi connectivity index (χ3n) is 3.27. The number of nitrogens with one attached hydrogen (secondary N) is 1. The minimum atomic E-state index is -0.421. The Morgan fingerprint density at radius 2 is 1.83 bits per heavy atom. The van der Waals surface area contributed by atoms with Crippen molar-refractivity contribution in [2.45, 2.75) is 0 Å². The van der Waals surface area contributed by atoms with Gasteiger partial charge in [0, 0.05) is 5.69 Å². The van der Waals surface area contributed by atoms with Gasteiger partial charge < -0.3 is 15.8 Å². The molecule has 0 bridgehead atoms. The summed E-state index contributed by atoms with van der Waals surface area (Å²) in [5.41, 5.74) is 7.42. The lowest BCUT2D eigenvalue weighted by molar-refractivity contribution is 0.102. The fourth-order valence-corrected chi connectivity index (χ4v) is 2.08. The number of carbonyl (C=O) groups is 1. The average molecular weight is 309 g/mol. The predicted octanol–water partition coefficient (Wildman–Crippen LogP) is 2.11. The Hall–Kier alpha value is -3.35. The number of rotatable bonds is 4. The van der Waals surface area contributed by atoms with E-state index in [0.29, 0.717) is 11.4 Å². The number of aromatic nitrogens is 3. The summed E-state index contributed by atoms with van der Waals surface area (Å²) in [4.78, 5) is 12.3. The first-order valence-corrected chi connectivity index (χ1v) is 6.91. The fourth-order valence-electron chi connectivity index (χ4n) is 2.08. The summed E-state index contributed by atoms with van der Waals surface area (Å²) in [6, 6.07) is 16.2. The van der Waals surface area contributed by atoms with Crippen LogP contribution < -0.4 is 15.8 Å². The van der Waals surface area contributed by atoms with Crippen molar-refractivity contribution in [3.63, 3.8) is 0 Å². The quantitative estimate of drug-likeness (QED) is 0.769. The van der Waals surface area contributed by atoms with Gasteiger partial charge in [-0.2, -0.15) is 4.68 Å². The zero-order valence-electron chi connectivity index (χ0n) is 12.4. The van der Waals surface area contributed by atoms with Crippen LogP contribution in [0, 0.1) is 0 Å². The first-order valence-electron chi connectivity index (χ1n) is 6.91. The van der Waals surface area contributed by atoms with Gasteiger partial charge in [0.1, 0.15) is 5.75 Å². The number of hydrogen-bond donors (Lipinski definition) is 2. The van der Waals surface area contributed by atoms with Crippen molar-refractivity contribution < 1.29 is 9.53 Å². The van der Waals surface area contributed by atoms with Crippen molar-refractivity contribution in [3.8, 4) is 11.4 Å². The van der Waals surface area contributed by atoms with E-state index in [2.05, 4.69) is 15.6 Å². The molecule has 0 aliphatic carbocycles. The summed E-state index contributed by atoms with van der Waals surface area (Å²) in [7, 11) is 1.58. The smallest absolute Gasteiger partial charge is 0.280 e. The molecule has 0 spiro atoms. The Balaban J connectivity index is 1.81. The Morgan fingerprint density at radius 1 is 1.13 bits per heavy atom. The summed E-state index contributed by atoms with van der Waals surface area (Å²) in [5, 5.41) is 10.5. The van der Waals surface area contributed by atoms with Gasteiger partial charge in [-0.25, -0.2) is 0 Å². The molecule has 3 aromatic rings. The van der Waals surface area contributed by atoms with Crippen molar-refractivity contribution >= 4 is 17.4 Å². The largest absolute Gasteiger partial charge is 0.497 e. The topological polar surface area (TPSA) is 95.1 Å². The molecule has 1 heterocycles. The molecule has 7 heteroatoms. The maximum Gasteiger partial charge on any atom is 0.280 e. The Bertz CT molecular complexity index is 812. The maximum atomic E-state index is 12.3. The van der Waals surface area contributed by atoms with Crippen molar-refractivity contribution in [2.24, 2.45) is 0 Å². The molecule has 0 radical (unpaired) electrons. The Labute approximate surface area is 132 Å². The number of benzene rings is 2. The number of nitrogen functional groups attached to an aromatic ring is 1. The van der Waals surface area contributed by atoms with Crippen LogP contribution in [0.5, 0.6) is 5.75 Å². The summed E-state index contributed by atoms with van der Waals surface area (Å²) >= 11 is 0. The zero-order chi connectivity index (χ0) is 16.2. The third kappa shape index (κ3) is 2.98. The van der Waals surface area contributed by atoms with Gasteiger partial charge in [-0.15, -0.1) is 5.10 Å². The normalized spacial score (nSPS) is 10.3. The van der Waals surface area contributed by atoms with E-state index in [1.54, 1.807) is 31.4 Å². The third-order valence-corrected chi connectivity index (χ3v) is 3.27. The van der Waals surface area contributed by atoms with E-state index in [4.69, 9.17) is 10.5 Å². The molecule has 0 atom stereocenters. The van der Waals surface area contributed by atoms with Crippen molar-refractivity contribution in [2.75, 3.05) is 18.2 Å². The van der Waals surface area contributed by atoms with Gasteiger partial charge in [0.15, 0.2) is 11.5 Å². The molecule has 0 aliphatic heterocycles. The van der Waals surface area contributed by atoms with E-state index in [-0.39, 0.29) is 11.5 Å². The summed E-state index contributed by atoms with van der Waals surface area (Å²) in [6.07, 6.45) is 0. The SMILES string of the molecule is COc1ccc(NC(=O)c2nnn(-c3ccccc3)c2N)cc1. The molecular formula is C16H15N5O2. The van der Waals surface area contributed by atoms with Crippen LogP contribution in [0.25, 0.3) is 5.69 Å². The number of anilines is 2. The molecule has 23 heavy (non-hydrogen) atoms. The highest BCUT2D eigenvalue weighted by molar-refractivity contribution is 6.05. The highest BCUT2D eigenvalue weighted by Crippen LogP contribution is 2.18. The van der Waals surface area contributed by atoms with Crippen LogP contribution >= 0.6 is 0 Å². The van der Waals surface area contributed by atoms with Gasteiger partial charge in [-0.05, 0) is 36.4 Å². The highest BCUT2D eigenvalue weighted by Gasteiger charge is 2.18. The first kappa shape index (κ1) is 14.6. The molecule has 1 amide bonds. The summed E-state index contributed by atoms with van der Waals surface area (Å²) < 4.78 is 6.49. The van der Waals surface area contributed by atoms with Crippen LogP contribution in [0.15, 0.2) is 54.6 Å². The molecule has 0 unspecified atom stereocenters. The molecular weight excluding hydrogens is 294 g/mol. The molecule has 3 N–H and O–H groups in total. The van der Waals surface area contributed by atoms with Crippen LogP contribution in [-0.4, -0.2) is 28.0 Å². The lowest BCUT2D eigenvalue weighted by Crippen LogP contribution is -2.15. The number of hydrogen-bond acceptors (Lipinski definition) is 5. The van der Waals surface area contributed by atoms with Crippen molar-refractivity contribution in [1.29, 1.82) is 0 Å². The maximum absolute atomic E-state index is 12.3. The molecule has 0 saturated carbocycles. The van der Waals surface area contributed by atoms with E-state index in [1.807, 2.05) is 30.3 Å². The lowest BCUT2D eigenvalue weighted by atomic mass is 10.3. The van der Waals surface area contributed by atoms with Crippen LogP contribution in [-0.2, 0) is 0 Å². The van der Waals surface area contributed by atoms with Crippen LogP contribution in [0.2, 0.25) is 0 Å². The van der Waals surface area contributed by atoms with Gasteiger partial charge >= 0.3 is 0 Å². The number of para-hydroxylation sites is 1. The Morgan fingerprint density at radius 3 is 2.48 bits per heavy atom. The standard InChI is InChI=1S/C16H15N5O2/c1-23-13-9-7-11(8-10-13)18-16(22)14-15(17)21(20-19-14)12-5-3-2-4-6-12/h2-10H,17H2,1H3,(H,18,22). The fraction of sp³-hybridized carbons (Fsp3) is 0.0625. The molecule has 0 aliphatic rings. The number of ether oxygens (including phenoxy) is 1. The van der Waals surface area contributed by atoms with Crippen molar-refractivity contribution in [3.05, 3.63) is 60.3 Å². The van der Waals surface area contributed by atoms with Crippen LogP contribution in [0.1, 0.15) is 10.5 Å². The molecule has 1 aromatic heterocycles. The molecule has 0 fully saturated rings. The van der Waals surface area contributed by atoms with Crippen molar-refractivity contribution in [1.82, 2.24) is 15.0 Å². The highest BCUT2D eigenvalue weighted by atomic mass is 16.5. The molecule has 116 valence electrons. The second-order valence-electron chi connectivity index (χ2n) is 4.75. The summed E-state index contributed by atoms with van der Waals surface area (Å²) in [5.74, 6) is 0.467. The Kier molecular flexibility index (Phi) is 3.92. The van der Waals surface area contributed by atoms with Gasteiger partial charge in [0.05, 0.1) is 12.8 Å². The van der Waals surface area contributed by atoms with E-state index in [1.165, 1.54) is 4.68 Å². The molecule has 0 saturated heterocycles. The number of carbonyl (C=O) groups excluding carboxylic acids is 1. The van der Waals surface area contributed by atoms with Crippen LogP contribution in [0.4, 0.5) is 11.5 Å². The summed E-state index contributed by atoms with van der Waals surface area (Å²) in [6.45, 7) is 0. The monoisotopic (exact) mass is 309 g/mol. The number of amides is 1. The minimum absolute atomic E-state index is 0.0738. The van der Waals surface area contributed by atoms with Gasteiger partial charge in [0.2, 0.25) is 0 Å².